The summed E-state index contributed by atoms with van der Waals surface area (Å²) in [6.07, 6.45) is 3.13. The van der Waals surface area contributed by atoms with E-state index in [9.17, 15) is 0 Å². The number of hydrogen-bond donors (Lipinski definition) is 0. The van der Waals surface area contributed by atoms with E-state index in [2.05, 4.69) is 30.0 Å². The van der Waals surface area contributed by atoms with E-state index in [1.54, 1.807) is 7.11 Å². The first kappa shape index (κ1) is 12.9. The van der Waals surface area contributed by atoms with E-state index < -0.39 is 0 Å². The summed E-state index contributed by atoms with van der Waals surface area (Å²) in [5.41, 5.74) is 2.48. The molecule has 1 fully saturated rings. The molecular weight excluding hydrogens is 224 g/mol. The molecule has 0 heterocycles. The second-order valence-corrected chi connectivity index (χ2v) is 4.93. The molecule has 0 atom stereocenters. The van der Waals surface area contributed by atoms with Crippen molar-refractivity contribution >= 4 is 0 Å². The summed E-state index contributed by atoms with van der Waals surface area (Å²) < 4.78 is 5.41. The number of nitriles is 1. The van der Waals surface area contributed by atoms with Crippen LogP contribution in [0, 0.1) is 18.3 Å². The molecule has 0 radical (unpaired) electrons. The Labute approximate surface area is 109 Å². The van der Waals surface area contributed by atoms with Crippen LogP contribution >= 0.6 is 0 Å². The minimum absolute atomic E-state index is 0.602. The summed E-state index contributed by atoms with van der Waals surface area (Å²) in [4.78, 5) is 2.40. The van der Waals surface area contributed by atoms with Crippen LogP contribution in [0.2, 0.25) is 0 Å². The van der Waals surface area contributed by atoms with Gasteiger partial charge in [-0.15, -0.1) is 0 Å². The van der Waals surface area contributed by atoms with Gasteiger partial charge in [0.1, 0.15) is 5.75 Å². The zero-order valence-electron chi connectivity index (χ0n) is 11.1. The third-order valence-corrected chi connectivity index (χ3v) is 3.38. The fourth-order valence-electron chi connectivity index (χ4n) is 2.27. The highest BCUT2D eigenvalue weighted by Gasteiger charge is 2.29. The van der Waals surface area contributed by atoms with Gasteiger partial charge in [0.2, 0.25) is 0 Å². The lowest BCUT2D eigenvalue weighted by molar-refractivity contribution is 0.256. The number of hydrogen-bond acceptors (Lipinski definition) is 3. The largest absolute Gasteiger partial charge is 0.496 e. The van der Waals surface area contributed by atoms with Gasteiger partial charge in [-0.2, -0.15) is 5.26 Å². The van der Waals surface area contributed by atoms with Gasteiger partial charge in [0.15, 0.2) is 0 Å². The molecule has 3 nitrogen and oxygen atoms in total. The second-order valence-electron chi connectivity index (χ2n) is 4.93. The van der Waals surface area contributed by atoms with Gasteiger partial charge in [-0.3, -0.25) is 4.90 Å². The maximum Gasteiger partial charge on any atom is 0.123 e. The van der Waals surface area contributed by atoms with Crippen LogP contribution < -0.4 is 4.74 Å². The second kappa shape index (κ2) is 5.88. The highest BCUT2D eigenvalue weighted by molar-refractivity contribution is 5.36. The summed E-state index contributed by atoms with van der Waals surface area (Å²) in [5.74, 6) is 0.947. The molecule has 1 aliphatic rings. The Morgan fingerprint density at radius 2 is 2.22 bits per heavy atom. The van der Waals surface area contributed by atoms with Gasteiger partial charge >= 0.3 is 0 Å². The molecule has 0 N–H and O–H groups in total. The van der Waals surface area contributed by atoms with Crippen molar-refractivity contribution in [3.63, 3.8) is 0 Å². The molecule has 0 amide bonds. The first-order valence-corrected chi connectivity index (χ1v) is 6.49. The van der Waals surface area contributed by atoms with Crippen LogP contribution in [0.5, 0.6) is 5.75 Å². The fourth-order valence-corrected chi connectivity index (χ4v) is 2.27. The van der Waals surface area contributed by atoms with Crippen molar-refractivity contribution in [3.8, 4) is 11.8 Å². The molecule has 0 aliphatic heterocycles. The molecule has 2 rings (SSSR count). The van der Waals surface area contributed by atoms with Gasteiger partial charge in [-0.25, -0.2) is 0 Å². The summed E-state index contributed by atoms with van der Waals surface area (Å²) in [7, 11) is 1.71. The smallest absolute Gasteiger partial charge is 0.123 e. The molecular formula is C15H20N2O. The van der Waals surface area contributed by atoms with Crippen molar-refractivity contribution in [1.29, 1.82) is 5.26 Å². The lowest BCUT2D eigenvalue weighted by Gasteiger charge is -2.22. The van der Waals surface area contributed by atoms with Crippen LogP contribution in [0.3, 0.4) is 0 Å². The van der Waals surface area contributed by atoms with Crippen LogP contribution in [0.4, 0.5) is 0 Å². The van der Waals surface area contributed by atoms with Crippen LogP contribution in [0.15, 0.2) is 18.2 Å². The molecule has 3 heteroatoms. The maximum atomic E-state index is 8.73. The van der Waals surface area contributed by atoms with E-state index in [0.29, 0.717) is 12.5 Å². The molecule has 1 aromatic carbocycles. The van der Waals surface area contributed by atoms with Gasteiger partial charge in [-0.05, 0) is 25.8 Å². The number of rotatable bonds is 6. The van der Waals surface area contributed by atoms with Crippen LogP contribution in [0.25, 0.3) is 0 Å². The molecule has 1 aliphatic carbocycles. The SMILES string of the molecule is COc1ccc(C)cc1CN(CCC#N)C1CC1. The van der Waals surface area contributed by atoms with Crippen LogP contribution in [0.1, 0.15) is 30.4 Å². The summed E-state index contributed by atoms with van der Waals surface area (Å²) in [5, 5.41) is 8.73. The van der Waals surface area contributed by atoms with Crippen LogP contribution in [-0.2, 0) is 6.54 Å². The van der Waals surface area contributed by atoms with Gasteiger partial charge in [0, 0.05) is 31.1 Å². The van der Waals surface area contributed by atoms with Crippen molar-refractivity contribution in [1.82, 2.24) is 4.90 Å². The Bertz CT molecular complexity index is 446. The lowest BCUT2D eigenvalue weighted by atomic mass is 10.1. The standard InChI is InChI=1S/C15H20N2O/c1-12-4-7-15(18-2)13(10-12)11-17(9-3-8-16)14-5-6-14/h4,7,10,14H,3,5-6,9,11H2,1-2H3. The third-order valence-electron chi connectivity index (χ3n) is 3.38. The van der Waals surface area contributed by atoms with Crippen molar-refractivity contribution in [2.45, 2.75) is 38.8 Å². The number of nitrogens with zero attached hydrogens (tertiary/aromatic N) is 2. The molecule has 96 valence electrons. The summed E-state index contributed by atoms with van der Waals surface area (Å²) in [6, 6.07) is 9.18. The highest BCUT2D eigenvalue weighted by atomic mass is 16.5. The van der Waals surface area contributed by atoms with E-state index in [-0.39, 0.29) is 0 Å². The lowest BCUT2D eigenvalue weighted by Crippen LogP contribution is -2.26. The minimum Gasteiger partial charge on any atom is -0.496 e. The zero-order valence-corrected chi connectivity index (χ0v) is 11.1. The van der Waals surface area contributed by atoms with Gasteiger partial charge in [-0.1, -0.05) is 17.7 Å². The van der Waals surface area contributed by atoms with Gasteiger partial charge in [0.05, 0.1) is 13.2 Å². The Morgan fingerprint density at radius 3 is 2.83 bits per heavy atom. The summed E-state index contributed by atoms with van der Waals surface area (Å²) >= 11 is 0. The van der Waals surface area contributed by atoms with Crippen molar-refractivity contribution in [3.05, 3.63) is 29.3 Å². The molecule has 18 heavy (non-hydrogen) atoms. The Kier molecular flexibility index (Phi) is 4.22. The quantitative estimate of drug-likeness (QED) is 0.772. The van der Waals surface area contributed by atoms with Crippen molar-refractivity contribution in [2.75, 3.05) is 13.7 Å². The summed E-state index contributed by atoms with van der Waals surface area (Å²) in [6.45, 7) is 3.84. The van der Waals surface area contributed by atoms with E-state index in [1.165, 1.54) is 24.0 Å². The van der Waals surface area contributed by atoms with E-state index in [0.717, 1.165) is 18.8 Å². The number of benzene rings is 1. The minimum atomic E-state index is 0.602. The Morgan fingerprint density at radius 1 is 1.44 bits per heavy atom. The number of ether oxygens (including phenoxy) is 1. The van der Waals surface area contributed by atoms with E-state index in [1.807, 2.05) is 6.07 Å². The van der Waals surface area contributed by atoms with Crippen LogP contribution in [-0.4, -0.2) is 24.6 Å². The zero-order chi connectivity index (χ0) is 13.0. The molecule has 0 bridgehead atoms. The molecule has 0 unspecified atom stereocenters. The Balaban J connectivity index is 2.10. The molecule has 0 saturated heterocycles. The average molecular weight is 244 g/mol. The molecule has 0 aromatic heterocycles. The van der Waals surface area contributed by atoms with Crippen molar-refractivity contribution < 1.29 is 4.74 Å². The topological polar surface area (TPSA) is 36.3 Å². The normalized spacial score (nSPS) is 14.6. The Hall–Kier alpha value is -1.53. The third kappa shape index (κ3) is 3.24. The molecule has 1 aromatic rings. The first-order chi connectivity index (χ1) is 8.74. The monoisotopic (exact) mass is 244 g/mol. The predicted molar refractivity (Wildman–Crippen MR) is 71.4 cm³/mol. The van der Waals surface area contributed by atoms with E-state index >= 15 is 0 Å². The maximum absolute atomic E-state index is 8.73. The number of aryl methyl sites for hydroxylation is 1. The fraction of sp³-hybridized carbons (Fsp3) is 0.533. The first-order valence-electron chi connectivity index (χ1n) is 6.49. The highest BCUT2D eigenvalue weighted by Crippen LogP contribution is 2.30. The molecule has 1 saturated carbocycles. The molecule has 0 spiro atoms. The predicted octanol–water partition coefficient (Wildman–Crippen LogP) is 2.88. The van der Waals surface area contributed by atoms with Gasteiger partial charge in [0.25, 0.3) is 0 Å². The average Bonchev–Trinajstić information content (AvgIpc) is 3.19. The van der Waals surface area contributed by atoms with E-state index in [4.69, 9.17) is 10.00 Å². The van der Waals surface area contributed by atoms with Gasteiger partial charge < -0.3 is 4.74 Å². The van der Waals surface area contributed by atoms with Crippen molar-refractivity contribution in [2.24, 2.45) is 0 Å². The number of methoxy groups -OCH3 is 1.